The standard InChI is InChI=1S/C28H28BF3IN2O2.K/c1-18-20(15-26(33)19(2)27(18)29(30,31)32)16-34-11-13-35(14-12-34)28(36)37-17-25-23-9-5-3-7-21(23)22-8-4-6-10-24(22)25;/h3-10,15,25H,11-14,16-17H2,1-2H3;/q-1;+1. The maximum Gasteiger partial charge on any atom is 1.00 e. The second-order valence-electron chi connectivity index (χ2n) is 9.82. The molecule has 1 aliphatic heterocycles. The molecule has 0 radical (unpaired) electrons. The van der Waals surface area contributed by atoms with E-state index in [1.54, 1.807) is 11.8 Å². The fourth-order valence-electron chi connectivity index (χ4n) is 5.62. The maximum absolute atomic E-state index is 13.7. The number of nitrogens with zero attached hydrogens (tertiary/aromatic N) is 2. The fourth-order valence-corrected chi connectivity index (χ4v) is 6.29. The molecule has 10 heteroatoms. The van der Waals surface area contributed by atoms with Crippen LogP contribution in [0, 0.1) is 17.4 Å². The Labute approximate surface area is 277 Å². The van der Waals surface area contributed by atoms with E-state index in [4.69, 9.17) is 4.74 Å². The predicted molar refractivity (Wildman–Crippen MR) is 149 cm³/mol. The average molecular weight is 658 g/mol. The molecule has 1 heterocycles. The smallest absolute Gasteiger partial charge is 0.448 e. The van der Waals surface area contributed by atoms with Gasteiger partial charge in [0.2, 0.25) is 0 Å². The number of hydrogen-bond acceptors (Lipinski definition) is 3. The van der Waals surface area contributed by atoms with Gasteiger partial charge in [-0.15, -0.1) is 5.46 Å². The van der Waals surface area contributed by atoms with Crippen molar-refractivity contribution in [2.24, 2.45) is 0 Å². The maximum atomic E-state index is 13.7. The van der Waals surface area contributed by atoms with Crippen molar-refractivity contribution in [3.05, 3.63) is 86.0 Å². The van der Waals surface area contributed by atoms with Crippen LogP contribution < -0.4 is 56.8 Å². The van der Waals surface area contributed by atoms with Crippen molar-refractivity contribution in [2.75, 3.05) is 32.8 Å². The first-order chi connectivity index (χ1) is 17.6. The fraction of sp³-hybridized carbons (Fsp3) is 0.321. The molecule has 194 valence electrons. The van der Waals surface area contributed by atoms with Gasteiger partial charge >= 0.3 is 64.5 Å². The molecule has 0 spiro atoms. The first-order valence-corrected chi connectivity index (χ1v) is 13.5. The van der Waals surface area contributed by atoms with Gasteiger partial charge in [-0.2, -0.15) is 0 Å². The van der Waals surface area contributed by atoms with Crippen LogP contribution in [0.15, 0.2) is 54.6 Å². The zero-order valence-electron chi connectivity index (χ0n) is 21.8. The van der Waals surface area contributed by atoms with Gasteiger partial charge in [-0.25, -0.2) is 4.79 Å². The van der Waals surface area contributed by atoms with E-state index in [1.807, 2.05) is 52.9 Å². The minimum Gasteiger partial charge on any atom is -0.448 e. The summed E-state index contributed by atoms with van der Waals surface area (Å²) >= 11 is 1.99. The van der Waals surface area contributed by atoms with E-state index >= 15 is 0 Å². The molecule has 1 aliphatic carbocycles. The number of amides is 1. The van der Waals surface area contributed by atoms with Gasteiger partial charge in [0.25, 0.3) is 0 Å². The number of carbonyl (C=O) groups excluding carboxylic acids is 1. The van der Waals surface area contributed by atoms with E-state index < -0.39 is 12.4 Å². The second-order valence-corrected chi connectivity index (χ2v) is 11.0. The van der Waals surface area contributed by atoms with Crippen LogP contribution >= 0.6 is 22.6 Å². The predicted octanol–water partition coefficient (Wildman–Crippen LogP) is 3.03. The number of ether oxygens (including phenoxy) is 1. The van der Waals surface area contributed by atoms with Crippen LogP contribution in [0.25, 0.3) is 11.1 Å². The van der Waals surface area contributed by atoms with Gasteiger partial charge < -0.3 is 22.6 Å². The molecule has 3 aromatic rings. The number of carbonyl (C=O) groups is 1. The van der Waals surface area contributed by atoms with Crippen molar-refractivity contribution >= 4 is 41.1 Å². The van der Waals surface area contributed by atoms with Crippen molar-refractivity contribution in [1.29, 1.82) is 0 Å². The van der Waals surface area contributed by atoms with Gasteiger partial charge in [-0.05, 0) is 70.3 Å². The van der Waals surface area contributed by atoms with Gasteiger partial charge in [-0.1, -0.05) is 59.7 Å². The number of rotatable bonds is 5. The summed E-state index contributed by atoms with van der Waals surface area (Å²) in [6.45, 7) is 0.857. The Morgan fingerprint density at radius 3 is 2.05 bits per heavy atom. The SMILES string of the molecule is Cc1c(I)cc(CN2CCN(C(=O)OCC3c4ccccc4-c4ccccc43)CC2)c(C)c1[B-](F)(F)F.[K+]. The normalized spacial score (nSPS) is 15.6. The molecule has 4 nitrogen and oxygen atoms in total. The van der Waals surface area contributed by atoms with E-state index in [1.165, 1.54) is 29.2 Å². The quantitative estimate of drug-likeness (QED) is 0.313. The Balaban J connectivity index is 0.00000336. The summed E-state index contributed by atoms with van der Waals surface area (Å²) in [5.74, 6) is 0.00838. The van der Waals surface area contributed by atoms with Crippen LogP contribution in [0.5, 0.6) is 0 Å². The summed E-state index contributed by atoms with van der Waals surface area (Å²) < 4.78 is 47.6. The van der Waals surface area contributed by atoms with E-state index in [-0.39, 0.29) is 70.0 Å². The largest absolute Gasteiger partial charge is 1.00 e. The first-order valence-electron chi connectivity index (χ1n) is 12.5. The number of piperazine rings is 1. The Hall–Kier alpha value is -0.889. The summed E-state index contributed by atoms with van der Waals surface area (Å²) in [5.41, 5.74) is 5.54. The summed E-state index contributed by atoms with van der Waals surface area (Å²) in [6.07, 6.45) is -0.343. The van der Waals surface area contributed by atoms with Crippen LogP contribution in [0.1, 0.15) is 33.7 Å². The Morgan fingerprint density at radius 1 is 0.947 bits per heavy atom. The molecule has 0 atom stereocenters. The molecule has 0 unspecified atom stereocenters. The van der Waals surface area contributed by atoms with E-state index in [0.29, 0.717) is 53.0 Å². The number of halogens is 4. The van der Waals surface area contributed by atoms with Crippen molar-refractivity contribution in [3.8, 4) is 11.1 Å². The molecule has 38 heavy (non-hydrogen) atoms. The second kappa shape index (κ2) is 12.3. The molecule has 1 saturated heterocycles. The van der Waals surface area contributed by atoms with Crippen LogP contribution in [-0.2, 0) is 11.3 Å². The van der Waals surface area contributed by atoms with Gasteiger partial charge in [0.1, 0.15) is 6.61 Å². The third-order valence-corrected chi connectivity index (χ3v) is 8.76. The first kappa shape index (κ1) is 30.1. The molecular formula is C28H28BF3IKN2O2. The molecular weight excluding hydrogens is 630 g/mol. The Kier molecular flexibility index (Phi) is 9.75. The minimum atomic E-state index is -5.08. The zero-order valence-corrected chi connectivity index (χ0v) is 27.1. The molecule has 0 bridgehead atoms. The molecule has 1 amide bonds. The third-order valence-electron chi connectivity index (χ3n) is 7.64. The minimum absolute atomic E-state index is 0. The van der Waals surface area contributed by atoms with Crippen molar-refractivity contribution in [2.45, 2.75) is 26.3 Å². The Morgan fingerprint density at radius 2 is 1.50 bits per heavy atom. The molecule has 3 aromatic carbocycles. The van der Waals surface area contributed by atoms with Crippen molar-refractivity contribution in [3.63, 3.8) is 0 Å². The van der Waals surface area contributed by atoms with Crippen LogP contribution in [0.4, 0.5) is 17.7 Å². The molecule has 0 saturated carbocycles. The summed E-state index contributed by atoms with van der Waals surface area (Å²) in [7, 11) is 0. The average Bonchev–Trinajstić information content (AvgIpc) is 3.19. The molecule has 5 rings (SSSR count). The van der Waals surface area contributed by atoms with Crippen molar-refractivity contribution in [1.82, 2.24) is 9.80 Å². The van der Waals surface area contributed by atoms with Crippen molar-refractivity contribution < 1.29 is 73.9 Å². The number of hydrogen-bond donors (Lipinski definition) is 0. The summed E-state index contributed by atoms with van der Waals surface area (Å²) in [6, 6.07) is 18.3. The Bertz CT molecular complexity index is 1300. The molecule has 0 aromatic heterocycles. The van der Waals surface area contributed by atoms with Crippen LogP contribution in [-0.4, -0.2) is 55.7 Å². The molecule has 2 aliphatic rings. The van der Waals surface area contributed by atoms with Gasteiger partial charge in [0.05, 0.1) is 0 Å². The zero-order chi connectivity index (χ0) is 26.3. The van der Waals surface area contributed by atoms with E-state index in [2.05, 4.69) is 29.2 Å². The molecule has 1 fully saturated rings. The summed E-state index contributed by atoms with van der Waals surface area (Å²) in [5, 5.41) is 0. The van der Waals surface area contributed by atoms with E-state index in [0.717, 1.165) is 0 Å². The third kappa shape index (κ3) is 6.06. The molecule has 0 N–H and O–H groups in total. The van der Waals surface area contributed by atoms with Gasteiger partial charge in [0, 0.05) is 42.2 Å². The topological polar surface area (TPSA) is 32.8 Å². The monoisotopic (exact) mass is 658 g/mol. The van der Waals surface area contributed by atoms with Crippen LogP contribution in [0.2, 0.25) is 0 Å². The summed E-state index contributed by atoms with van der Waals surface area (Å²) in [4.78, 5) is 16.7. The van der Waals surface area contributed by atoms with Crippen LogP contribution in [0.3, 0.4) is 0 Å². The van der Waals surface area contributed by atoms with E-state index in [9.17, 15) is 17.7 Å². The number of benzene rings is 3. The number of fused-ring (bicyclic) bond motifs is 3. The van der Waals surface area contributed by atoms with Gasteiger partial charge in [0.15, 0.2) is 0 Å². The van der Waals surface area contributed by atoms with Gasteiger partial charge in [-0.3, -0.25) is 4.90 Å².